The van der Waals surface area contributed by atoms with Crippen molar-refractivity contribution >= 4 is 21.9 Å². The summed E-state index contributed by atoms with van der Waals surface area (Å²) < 4.78 is 21.5. The first-order valence-corrected chi connectivity index (χ1v) is 4.63. The SMILES string of the molecule is O=S([O-])c1cncc2cnccc12. The molecule has 0 aliphatic rings. The minimum Gasteiger partial charge on any atom is -0.768 e. The number of nitrogens with zero attached hydrogens (tertiary/aromatic N) is 2. The predicted molar refractivity (Wildman–Crippen MR) is 46.7 cm³/mol. The Morgan fingerprint density at radius 3 is 2.77 bits per heavy atom. The maximum absolute atomic E-state index is 10.8. The van der Waals surface area contributed by atoms with Crippen molar-refractivity contribution < 1.29 is 8.76 Å². The van der Waals surface area contributed by atoms with Crippen LogP contribution in [0.3, 0.4) is 0 Å². The molecule has 4 nitrogen and oxygen atoms in total. The van der Waals surface area contributed by atoms with Crippen LogP contribution in [0.5, 0.6) is 0 Å². The van der Waals surface area contributed by atoms with Crippen LogP contribution in [-0.4, -0.2) is 18.7 Å². The number of hydrogen-bond donors (Lipinski definition) is 0. The Kier molecular flexibility index (Phi) is 2.03. The van der Waals surface area contributed by atoms with Crippen molar-refractivity contribution in [2.45, 2.75) is 4.90 Å². The topological polar surface area (TPSA) is 65.9 Å². The normalized spacial score (nSPS) is 13.0. The van der Waals surface area contributed by atoms with E-state index in [2.05, 4.69) is 9.97 Å². The molecule has 2 aromatic rings. The van der Waals surface area contributed by atoms with Crippen LogP contribution in [0, 0.1) is 0 Å². The van der Waals surface area contributed by atoms with Gasteiger partial charge in [0, 0.05) is 35.6 Å². The molecule has 0 bridgehead atoms. The Morgan fingerprint density at radius 2 is 2.00 bits per heavy atom. The Labute approximate surface area is 76.9 Å². The quantitative estimate of drug-likeness (QED) is 0.630. The zero-order valence-corrected chi connectivity index (χ0v) is 7.32. The van der Waals surface area contributed by atoms with Gasteiger partial charge in [0.15, 0.2) is 0 Å². The summed E-state index contributed by atoms with van der Waals surface area (Å²) in [5.74, 6) is 0. The lowest BCUT2D eigenvalue weighted by Crippen LogP contribution is -1.92. The predicted octanol–water partition coefficient (Wildman–Crippen LogP) is 0.868. The zero-order chi connectivity index (χ0) is 9.26. The minimum atomic E-state index is -2.24. The fraction of sp³-hybridized carbons (Fsp3) is 0. The highest BCUT2D eigenvalue weighted by atomic mass is 32.2. The van der Waals surface area contributed by atoms with Gasteiger partial charge < -0.3 is 4.55 Å². The van der Waals surface area contributed by atoms with Crippen LogP contribution in [0.2, 0.25) is 0 Å². The van der Waals surface area contributed by atoms with Crippen molar-refractivity contribution in [3.63, 3.8) is 0 Å². The molecule has 0 spiro atoms. The van der Waals surface area contributed by atoms with Crippen molar-refractivity contribution in [1.29, 1.82) is 0 Å². The molecule has 13 heavy (non-hydrogen) atoms. The molecule has 5 heteroatoms. The van der Waals surface area contributed by atoms with E-state index in [-0.39, 0.29) is 4.90 Å². The molecule has 1 atom stereocenters. The Bertz CT molecular complexity index is 467. The Balaban J connectivity index is 2.83. The fourth-order valence-corrected chi connectivity index (χ4v) is 1.63. The molecule has 0 saturated carbocycles. The highest BCUT2D eigenvalue weighted by Crippen LogP contribution is 2.17. The Morgan fingerprint density at radius 1 is 1.23 bits per heavy atom. The summed E-state index contributed by atoms with van der Waals surface area (Å²) in [6, 6.07) is 1.65. The number of aromatic nitrogens is 2. The second kappa shape index (κ2) is 3.20. The number of pyridine rings is 2. The summed E-state index contributed by atoms with van der Waals surface area (Å²) in [7, 11) is 0. The maximum Gasteiger partial charge on any atom is 0.0511 e. The van der Waals surface area contributed by atoms with E-state index in [1.807, 2.05) is 0 Å². The molecule has 0 aliphatic carbocycles. The lowest BCUT2D eigenvalue weighted by Gasteiger charge is -2.07. The van der Waals surface area contributed by atoms with Gasteiger partial charge in [-0.25, -0.2) is 0 Å². The average Bonchev–Trinajstić information content (AvgIpc) is 2.17. The van der Waals surface area contributed by atoms with E-state index >= 15 is 0 Å². The second-order valence-electron chi connectivity index (χ2n) is 2.47. The van der Waals surface area contributed by atoms with Gasteiger partial charge in [-0.15, -0.1) is 0 Å². The molecule has 0 aromatic carbocycles. The van der Waals surface area contributed by atoms with E-state index in [4.69, 9.17) is 0 Å². The Hall–Kier alpha value is -1.33. The van der Waals surface area contributed by atoms with Crippen molar-refractivity contribution in [3.05, 3.63) is 30.9 Å². The van der Waals surface area contributed by atoms with E-state index in [9.17, 15) is 8.76 Å². The third kappa shape index (κ3) is 1.43. The third-order valence-electron chi connectivity index (χ3n) is 1.70. The molecule has 1 unspecified atom stereocenters. The van der Waals surface area contributed by atoms with Gasteiger partial charge in [0.2, 0.25) is 0 Å². The standard InChI is InChI=1S/C8H6N2O2S/c11-13(12)8-5-10-4-6-3-9-2-1-7(6)8/h1-5H,(H,11,12)/p-1. The van der Waals surface area contributed by atoms with Crippen LogP contribution in [0.25, 0.3) is 10.8 Å². The monoisotopic (exact) mass is 193 g/mol. The van der Waals surface area contributed by atoms with Crippen LogP contribution in [0.4, 0.5) is 0 Å². The van der Waals surface area contributed by atoms with E-state index < -0.39 is 11.1 Å². The molecule has 0 N–H and O–H groups in total. The second-order valence-corrected chi connectivity index (χ2v) is 3.38. The van der Waals surface area contributed by atoms with Crippen molar-refractivity contribution in [2.24, 2.45) is 0 Å². The van der Waals surface area contributed by atoms with Gasteiger partial charge in [0.1, 0.15) is 0 Å². The molecule has 0 amide bonds. The first-order chi connectivity index (χ1) is 6.29. The third-order valence-corrected chi connectivity index (χ3v) is 2.39. The van der Waals surface area contributed by atoms with Crippen molar-refractivity contribution in [3.8, 4) is 0 Å². The summed E-state index contributed by atoms with van der Waals surface area (Å²) >= 11 is -2.24. The van der Waals surface area contributed by atoms with Crippen LogP contribution < -0.4 is 0 Å². The summed E-state index contributed by atoms with van der Waals surface area (Å²) in [6.45, 7) is 0. The fourth-order valence-electron chi connectivity index (χ4n) is 1.12. The molecule has 66 valence electrons. The van der Waals surface area contributed by atoms with Gasteiger partial charge in [-0.05, 0) is 17.1 Å². The highest BCUT2D eigenvalue weighted by molar-refractivity contribution is 7.79. The zero-order valence-electron chi connectivity index (χ0n) is 6.51. The van der Waals surface area contributed by atoms with E-state index in [0.29, 0.717) is 5.39 Å². The molecule has 0 aliphatic heterocycles. The number of rotatable bonds is 1. The molecular formula is C8H5N2O2S-. The molecular weight excluding hydrogens is 188 g/mol. The largest absolute Gasteiger partial charge is 0.768 e. The number of hydrogen-bond acceptors (Lipinski definition) is 4. The molecule has 2 heterocycles. The van der Waals surface area contributed by atoms with Crippen LogP contribution in [0.15, 0.2) is 35.7 Å². The van der Waals surface area contributed by atoms with Gasteiger partial charge in [-0.3, -0.25) is 14.2 Å². The molecule has 0 fully saturated rings. The van der Waals surface area contributed by atoms with Crippen molar-refractivity contribution in [2.75, 3.05) is 0 Å². The van der Waals surface area contributed by atoms with E-state index in [1.54, 1.807) is 24.7 Å². The van der Waals surface area contributed by atoms with Crippen LogP contribution in [0.1, 0.15) is 0 Å². The van der Waals surface area contributed by atoms with Gasteiger partial charge in [-0.1, -0.05) is 0 Å². The lowest BCUT2D eigenvalue weighted by atomic mass is 10.2. The van der Waals surface area contributed by atoms with Crippen LogP contribution in [-0.2, 0) is 11.1 Å². The first-order valence-electron chi connectivity index (χ1n) is 3.56. The summed E-state index contributed by atoms with van der Waals surface area (Å²) in [4.78, 5) is 7.88. The molecule has 2 rings (SSSR count). The van der Waals surface area contributed by atoms with Crippen molar-refractivity contribution in [1.82, 2.24) is 9.97 Å². The summed E-state index contributed by atoms with van der Waals surface area (Å²) in [5, 5.41) is 1.38. The van der Waals surface area contributed by atoms with Gasteiger partial charge in [0.05, 0.1) is 4.90 Å². The summed E-state index contributed by atoms with van der Waals surface area (Å²) in [5.41, 5.74) is 0. The highest BCUT2D eigenvalue weighted by Gasteiger charge is 2.00. The maximum atomic E-state index is 10.8. The number of fused-ring (bicyclic) bond motifs is 1. The van der Waals surface area contributed by atoms with Gasteiger partial charge >= 0.3 is 0 Å². The summed E-state index contributed by atoms with van der Waals surface area (Å²) in [6.07, 6.45) is 6.04. The van der Waals surface area contributed by atoms with E-state index in [0.717, 1.165) is 5.39 Å². The molecule has 0 radical (unpaired) electrons. The van der Waals surface area contributed by atoms with Crippen LogP contribution >= 0.6 is 0 Å². The lowest BCUT2D eigenvalue weighted by molar-refractivity contribution is 0.537. The minimum absolute atomic E-state index is 0.208. The average molecular weight is 193 g/mol. The smallest absolute Gasteiger partial charge is 0.0511 e. The molecule has 2 aromatic heterocycles. The van der Waals surface area contributed by atoms with E-state index in [1.165, 1.54) is 6.20 Å². The first kappa shape index (κ1) is 8.28. The van der Waals surface area contributed by atoms with Gasteiger partial charge in [0.25, 0.3) is 0 Å². The van der Waals surface area contributed by atoms with Gasteiger partial charge in [-0.2, -0.15) is 0 Å². The molecule has 0 saturated heterocycles.